The van der Waals surface area contributed by atoms with Gasteiger partial charge in [0, 0.05) is 0 Å². The molecule has 1 aromatic heterocycles. The first-order valence-corrected chi connectivity index (χ1v) is 5.49. The molecular formula is C13H10N4O. The summed E-state index contributed by atoms with van der Waals surface area (Å²) in [7, 11) is 0. The lowest BCUT2D eigenvalue weighted by molar-refractivity contribution is -0.109. The number of benzene rings is 2. The molecule has 88 valence electrons. The molecule has 1 amide bonds. The first kappa shape index (κ1) is 10.5. The number of amides is 1. The third-order valence-corrected chi connectivity index (χ3v) is 2.64. The Morgan fingerprint density at radius 2 is 1.61 bits per heavy atom. The van der Waals surface area contributed by atoms with E-state index in [1.165, 1.54) is 0 Å². The van der Waals surface area contributed by atoms with E-state index in [0.717, 1.165) is 27.8 Å². The number of nitrogens with one attached hydrogen (secondary N) is 2. The van der Waals surface area contributed by atoms with E-state index in [9.17, 15) is 4.79 Å². The number of fused-ring (bicyclic) bond motifs is 2. The lowest BCUT2D eigenvalue weighted by atomic mass is 10.2. The van der Waals surface area contributed by atoms with Gasteiger partial charge in [-0.3, -0.25) is 15.6 Å². The number of aromatic nitrogens is 2. The number of hydrazine groups is 1. The average molecular weight is 238 g/mol. The maximum absolute atomic E-state index is 10.3. The van der Waals surface area contributed by atoms with E-state index in [1.807, 2.05) is 42.5 Å². The summed E-state index contributed by atoms with van der Waals surface area (Å²) in [5.74, 6) is 0. The number of hydrogen-bond acceptors (Lipinski definition) is 4. The largest absolute Gasteiger partial charge is 0.297 e. The maximum Gasteiger partial charge on any atom is 0.225 e. The molecule has 0 saturated carbocycles. The van der Waals surface area contributed by atoms with Crippen LogP contribution in [0.15, 0.2) is 42.5 Å². The second kappa shape index (κ2) is 4.29. The topological polar surface area (TPSA) is 66.9 Å². The van der Waals surface area contributed by atoms with Gasteiger partial charge in [-0.05, 0) is 24.3 Å². The summed E-state index contributed by atoms with van der Waals surface area (Å²) in [5, 5.41) is 0. The number of carbonyl (C=O) groups excluding carboxylic acids is 1. The highest BCUT2D eigenvalue weighted by Gasteiger charge is 2.05. The predicted octanol–water partition coefficient (Wildman–Crippen LogP) is 1.86. The second-order valence-corrected chi connectivity index (χ2v) is 3.77. The maximum atomic E-state index is 10.3. The van der Waals surface area contributed by atoms with Crippen LogP contribution in [0.5, 0.6) is 0 Å². The van der Waals surface area contributed by atoms with Gasteiger partial charge in [-0.2, -0.15) is 0 Å². The molecule has 0 aliphatic carbocycles. The third kappa shape index (κ3) is 1.71. The number of anilines is 1. The van der Waals surface area contributed by atoms with Crippen molar-refractivity contribution in [1.29, 1.82) is 0 Å². The van der Waals surface area contributed by atoms with Crippen molar-refractivity contribution in [3.8, 4) is 0 Å². The lowest BCUT2D eigenvalue weighted by Gasteiger charge is -2.07. The van der Waals surface area contributed by atoms with E-state index < -0.39 is 0 Å². The monoisotopic (exact) mass is 238 g/mol. The zero-order chi connectivity index (χ0) is 12.4. The molecule has 0 aliphatic heterocycles. The Labute approximate surface area is 103 Å². The molecule has 18 heavy (non-hydrogen) atoms. The van der Waals surface area contributed by atoms with Crippen LogP contribution in [0.2, 0.25) is 0 Å². The van der Waals surface area contributed by atoms with Gasteiger partial charge in [0.05, 0.1) is 22.2 Å². The molecule has 0 unspecified atom stereocenters. The van der Waals surface area contributed by atoms with Crippen molar-refractivity contribution in [3.05, 3.63) is 42.5 Å². The van der Waals surface area contributed by atoms with Gasteiger partial charge in [0.15, 0.2) is 0 Å². The Kier molecular flexibility index (Phi) is 2.49. The highest BCUT2D eigenvalue weighted by atomic mass is 16.1. The SMILES string of the molecule is O=CNNc1cccc2nc3ccccc3nc12. The first-order valence-electron chi connectivity index (χ1n) is 5.49. The minimum Gasteiger partial charge on any atom is -0.297 e. The molecule has 2 aromatic carbocycles. The van der Waals surface area contributed by atoms with Crippen LogP contribution in [0.3, 0.4) is 0 Å². The molecule has 3 aromatic rings. The standard InChI is InChI=1S/C13H10N4O/c18-8-14-17-12-7-3-6-11-13(12)16-10-5-2-1-4-9(10)15-11/h1-8,17H,(H,14,18). The fourth-order valence-corrected chi connectivity index (χ4v) is 1.85. The van der Waals surface area contributed by atoms with E-state index in [4.69, 9.17) is 0 Å². The summed E-state index contributed by atoms with van der Waals surface area (Å²) in [6.45, 7) is 0. The molecule has 0 radical (unpaired) electrons. The molecule has 5 nitrogen and oxygen atoms in total. The van der Waals surface area contributed by atoms with Crippen LogP contribution >= 0.6 is 0 Å². The van der Waals surface area contributed by atoms with Gasteiger partial charge in [0.25, 0.3) is 0 Å². The Morgan fingerprint density at radius 3 is 2.39 bits per heavy atom. The van der Waals surface area contributed by atoms with Crippen molar-refractivity contribution < 1.29 is 4.79 Å². The van der Waals surface area contributed by atoms with Crippen LogP contribution in [0.1, 0.15) is 0 Å². The smallest absolute Gasteiger partial charge is 0.225 e. The van der Waals surface area contributed by atoms with Crippen molar-refractivity contribution in [2.24, 2.45) is 0 Å². The van der Waals surface area contributed by atoms with E-state index >= 15 is 0 Å². The van der Waals surface area contributed by atoms with Crippen LogP contribution in [0.25, 0.3) is 22.1 Å². The van der Waals surface area contributed by atoms with Gasteiger partial charge in [-0.15, -0.1) is 0 Å². The molecule has 0 atom stereocenters. The highest BCUT2D eigenvalue weighted by Crippen LogP contribution is 2.22. The van der Waals surface area contributed by atoms with E-state index in [-0.39, 0.29) is 0 Å². The van der Waals surface area contributed by atoms with Crippen LogP contribution in [0, 0.1) is 0 Å². The average Bonchev–Trinajstić information content (AvgIpc) is 2.43. The fraction of sp³-hybridized carbons (Fsp3) is 0. The lowest BCUT2D eigenvalue weighted by Crippen LogP contribution is -2.19. The highest BCUT2D eigenvalue weighted by molar-refractivity contribution is 5.93. The van der Waals surface area contributed by atoms with Gasteiger partial charge in [-0.25, -0.2) is 9.97 Å². The van der Waals surface area contributed by atoms with Crippen molar-refractivity contribution in [2.75, 3.05) is 5.43 Å². The van der Waals surface area contributed by atoms with E-state index in [0.29, 0.717) is 6.41 Å². The Balaban J connectivity index is 2.25. The summed E-state index contributed by atoms with van der Waals surface area (Å²) >= 11 is 0. The fourth-order valence-electron chi connectivity index (χ4n) is 1.85. The Bertz CT molecular complexity index is 726. The summed E-state index contributed by atoms with van der Waals surface area (Å²) in [6.07, 6.45) is 0.577. The molecule has 5 heteroatoms. The molecular weight excluding hydrogens is 228 g/mol. The quantitative estimate of drug-likeness (QED) is 0.415. The molecule has 1 heterocycles. The van der Waals surface area contributed by atoms with Crippen LogP contribution < -0.4 is 10.9 Å². The van der Waals surface area contributed by atoms with Crippen molar-refractivity contribution in [3.63, 3.8) is 0 Å². The molecule has 2 N–H and O–H groups in total. The second-order valence-electron chi connectivity index (χ2n) is 3.77. The van der Waals surface area contributed by atoms with Gasteiger partial charge >= 0.3 is 0 Å². The zero-order valence-electron chi connectivity index (χ0n) is 9.42. The Hall–Kier alpha value is -2.69. The number of carbonyl (C=O) groups is 1. The predicted molar refractivity (Wildman–Crippen MR) is 69.9 cm³/mol. The van der Waals surface area contributed by atoms with E-state index in [2.05, 4.69) is 20.8 Å². The number of hydrogen-bond donors (Lipinski definition) is 2. The minimum absolute atomic E-state index is 0.577. The van der Waals surface area contributed by atoms with Crippen LogP contribution in [-0.2, 0) is 4.79 Å². The number of rotatable bonds is 3. The zero-order valence-corrected chi connectivity index (χ0v) is 9.42. The molecule has 0 saturated heterocycles. The molecule has 0 aliphatic rings. The van der Waals surface area contributed by atoms with Crippen molar-refractivity contribution >= 4 is 34.2 Å². The summed E-state index contributed by atoms with van der Waals surface area (Å²) in [5.41, 5.74) is 9.10. The molecule has 3 rings (SSSR count). The van der Waals surface area contributed by atoms with Gasteiger partial charge in [0.1, 0.15) is 5.52 Å². The van der Waals surface area contributed by atoms with Gasteiger partial charge < -0.3 is 0 Å². The van der Waals surface area contributed by atoms with Crippen LogP contribution in [0.4, 0.5) is 5.69 Å². The number of para-hydroxylation sites is 3. The van der Waals surface area contributed by atoms with E-state index in [1.54, 1.807) is 0 Å². The molecule has 0 spiro atoms. The van der Waals surface area contributed by atoms with Crippen LogP contribution in [-0.4, -0.2) is 16.4 Å². The van der Waals surface area contributed by atoms with Crippen molar-refractivity contribution in [1.82, 2.24) is 15.4 Å². The summed E-state index contributed by atoms with van der Waals surface area (Å²) in [4.78, 5) is 19.4. The first-order chi connectivity index (χ1) is 8.88. The summed E-state index contributed by atoms with van der Waals surface area (Å²) in [6, 6.07) is 13.3. The molecule has 0 fully saturated rings. The van der Waals surface area contributed by atoms with Gasteiger partial charge in [0.2, 0.25) is 6.41 Å². The molecule has 0 bridgehead atoms. The third-order valence-electron chi connectivity index (χ3n) is 2.64. The minimum atomic E-state index is 0.577. The normalized spacial score (nSPS) is 10.4. The number of nitrogens with zero attached hydrogens (tertiary/aromatic N) is 2. The van der Waals surface area contributed by atoms with Gasteiger partial charge in [-0.1, -0.05) is 18.2 Å². The Morgan fingerprint density at radius 1 is 0.889 bits per heavy atom. The summed E-state index contributed by atoms with van der Waals surface area (Å²) < 4.78 is 0. The van der Waals surface area contributed by atoms with Crippen molar-refractivity contribution in [2.45, 2.75) is 0 Å².